The van der Waals surface area contributed by atoms with Gasteiger partial charge in [0.25, 0.3) is 0 Å². The van der Waals surface area contributed by atoms with Crippen LogP contribution in [0.25, 0.3) is 0 Å². The molecule has 19 heavy (non-hydrogen) atoms. The summed E-state index contributed by atoms with van der Waals surface area (Å²) in [5.74, 6) is 1.10. The molecule has 0 heterocycles. The van der Waals surface area contributed by atoms with Crippen molar-refractivity contribution in [1.29, 1.82) is 0 Å². The molecule has 0 amide bonds. The van der Waals surface area contributed by atoms with Crippen LogP contribution in [0.2, 0.25) is 0 Å². The molecule has 1 rings (SSSR count). The van der Waals surface area contributed by atoms with Crippen molar-refractivity contribution in [1.82, 2.24) is 0 Å². The Labute approximate surface area is 117 Å². The van der Waals surface area contributed by atoms with Crippen molar-refractivity contribution < 1.29 is 13.7 Å². The van der Waals surface area contributed by atoms with Gasteiger partial charge in [-0.1, -0.05) is 20.8 Å². The number of ketones is 1. The molecular weight excluding hydrogens is 260 g/mol. The van der Waals surface area contributed by atoms with Crippen LogP contribution >= 0.6 is 0 Å². The summed E-state index contributed by atoms with van der Waals surface area (Å²) in [5, 5.41) is -0.451. The monoisotopic (exact) mass is 282 g/mol. The van der Waals surface area contributed by atoms with Gasteiger partial charge in [-0.2, -0.15) is 0 Å². The Kier molecular flexibility index (Phi) is 5.73. The van der Waals surface area contributed by atoms with Gasteiger partial charge in [-0.15, -0.1) is 0 Å². The minimum Gasteiger partial charge on any atom is -0.497 e. The average molecular weight is 282 g/mol. The Bertz CT molecular complexity index is 451. The fourth-order valence-corrected chi connectivity index (χ4v) is 3.63. The first-order chi connectivity index (χ1) is 8.88. The molecule has 0 radical (unpaired) electrons. The first-order valence-electron chi connectivity index (χ1n) is 6.43. The van der Waals surface area contributed by atoms with E-state index in [0.717, 1.165) is 5.75 Å². The second kappa shape index (κ2) is 6.85. The number of Topliss-reactive ketones (excluding diaryl/α,β-unsaturated/α-hetero) is 1. The van der Waals surface area contributed by atoms with Crippen LogP contribution < -0.4 is 4.74 Å². The third-order valence-electron chi connectivity index (χ3n) is 3.45. The highest BCUT2D eigenvalue weighted by Crippen LogP contribution is 2.25. The second-order valence-electron chi connectivity index (χ2n) is 5.11. The molecule has 3 unspecified atom stereocenters. The van der Waals surface area contributed by atoms with Crippen LogP contribution in [0.3, 0.4) is 0 Å². The van der Waals surface area contributed by atoms with Crippen molar-refractivity contribution in [2.75, 3.05) is 7.11 Å². The van der Waals surface area contributed by atoms with E-state index in [0.29, 0.717) is 10.8 Å². The number of hydrogen-bond acceptors (Lipinski definition) is 3. The van der Waals surface area contributed by atoms with Gasteiger partial charge in [-0.3, -0.25) is 9.00 Å². The van der Waals surface area contributed by atoms with E-state index in [2.05, 4.69) is 0 Å². The summed E-state index contributed by atoms with van der Waals surface area (Å²) in [6.07, 6.45) is 0. The lowest BCUT2D eigenvalue weighted by Gasteiger charge is -2.24. The van der Waals surface area contributed by atoms with Gasteiger partial charge < -0.3 is 4.74 Å². The van der Waals surface area contributed by atoms with Crippen LogP contribution in [-0.4, -0.2) is 22.4 Å². The lowest BCUT2D eigenvalue weighted by molar-refractivity contribution is -0.117. The summed E-state index contributed by atoms with van der Waals surface area (Å²) in [4.78, 5) is 12.5. The molecular formula is C15H22O3S. The van der Waals surface area contributed by atoms with E-state index in [4.69, 9.17) is 4.74 Å². The third kappa shape index (κ3) is 3.90. The first-order valence-corrected chi connectivity index (χ1v) is 7.64. The summed E-state index contributed by atoms with van der Waals surface area (Å²) >= 11 is 0. The Morgan fingerprint density at radius 1 is 1.16 bits per heavy atom. The molecule has 106 valence electrons. The van der Waals surface area contributed by atoms with Crippen molar-refractivity contribution in [3.8, 4) is 5.75 Å². The van der Waals surface area contributed by atoms with Gasteiger partial charge in [0.1, 0.15) is 16.8 Å². The number of ether oxygens (including phenoxy) is 1. The van der Waals surface area contributed by atoms with E-state index in [1.807, 2.05) is 20.8 Å². The largest absolute Gasteiger partial charge is 0.497 e. The quantitative estimate of drug-likeness (QED) is 0.805. The Balaban J connectivity index is 3.02. The molecule has 0 bridgehead atoms. The maximum Gasteiger partial charge on any atom is 0.146 e. The predicted molar refractivity (Wildman–Crippen MR) is 77.9 cm³/mol. The van der Waals surface area contributed by atoms with Crippen LogP contribution in [-0.2, 0) is 15.6 Å². The molecule has 3 nitrogen and oxygen atoms in total. The summed E-state index contributed by atoms with van der Waals surface area (Å²) in [5.41, 5.74) is 0. The van der Waals surface area contributed by atoms with E-state index in [1.165, 1.54) is 6.92 Å². The molecule has 1 aromatic rings. The van der Waals surface area contributed by atoms with E-state index in [9.17, 15) is 9.00 Å². The number of carbonyl (C=O) groups excluding carboxylic acids is 1. The number of carbonyl (C=O) groups is 1. The zero-order valence-electron chi connectivity index (χ0n) is 12.2. The average Bonchev–Trinajstić information content (AvgIpc) is 2.38. The minimum atomic E-state index is -1.32. The summed E-state index contributed by atoms with van der Waals surface area (Å²) in [6, 6.07) is 7.06. The van der Waals surface area contributed by atoms with Crippen LogP contribution in [0.15, 0.2) is 29.2 Å². The third-order valence-corrected chi connectivity index (χ3v) is 5.41. The number of hydrogen-bond donors (Lipinski definition) is 0. The molecule has 0 aromatic heterocycles. The van der Waals surface area contributed by atoms with E-state index >= 15 is 0 Å². The van der Waals surface area contributed by atoms with Gasteiger partial charge in [0.2, 0.25) is 0 Å². The molecule has 0 saturated heterocycles. The van der Waals surface area contributed by atoms with Crippen LogP contribution in [0.1, 0.15) is 27.7 Å². The Morgan fingerprint density at radius 2 is 1.68 bits per heavy atom. The molecule has 4 heteroatoms. The Hall–Kier alpha value is -1.16. The first kappa shape index (κ1) is 15.9. The molecule has 0 aliphatic rings. The van der Waals surface area contributed by atoms with Gasteiger partial charge in [0.05, 0.1) is 17.9 Å². The van der Waals surface area contributed by atoms with E-state index in [1.54, 1.807) is 31.4 Å². The summed E-state index contributed by atoms with van der Waals surface area (Å²) in [6.45, 7) is 7.60. The van der Waals surface area contributed by atoms with Crippen molar-refractivity contribution in [3.63, 3.8) is 0 Å². The van der Waals surface area contributed by atoms with Gasteiger partial charge in [-0.25, -0.2) is 0 Å². The summed E-state index contributed by atoms with van der Waals surface area (Å²) < 4.78 is 17.7. The minimum absolute atomic E-state index is 0.0182. The number of methoxy groups -OCH3 is 1. The molecule has 0 saturated carbocycles. The normalized spacial score (nSPS) is 15.9. The molecule has 3 atom stereocenters. The van der Waals surface area contributed by atoms with Crippen LogP contribution in [0, 0.1) is 11.8 Å². The second-order valence-corrected chi connectivity index (χ2v) is 6.68. The van der Waals surface area contributed by atoms with Crippen LogP contribution in [0.5, 0.6) is 5.75 Å². The molecule has 0 spiro atoms. The fraction of sp³-hybridized carbons (Fsp3) is 0.533. The summed E-state index contributed by atoms with van der Waals surface area (Å²) in [7, 11) is 0.271. The predicted octanol–water partition coefficient (Wildman–Crippen LogP) is 3.05. The van der Waals surface area contributed by atoms with Gasteiger partial charge in [-0.05, 0) is 43.0 Å². The lowest BCUT2D eigenvalue weighted by Crippen LogP contribution is -2.33. The Morgan fingerprint density at radius 3 is 2.05 bits per heavy atom. The zero-order valence-corrected chi connectivity index (χ0v) is 13.0. The van der Waals surface area contributed by atoms with Crippen molar-refractivity contribution in [2.45, 2.75) is 37.8 Å². The highest BCUT2D eigenvalue weighted by Gasteiger charge is 2.30. The van der Waals surface area contributed by atoms with Gasteiger partial charge in [0.15, 0.2) is 0 Å². The molecule has 0 N–H and O–H groups in total. The molecule has 0 aliphatic carbocycles. The zero-order chi connectivity index (χ0) is 14.6. The highest BCUT2D eigenvalue weighted by molar-refractivity contribution is 7.86. The van der Waals surface area contributed by atoms with E-state index < -0.39 is 16.0 Å². The van der Waals surface area contributed by atoms with Crippen molar-refractivity contribution in [2.24, 2.45) is 11.8 Å². The topological polar surface area (TPSA) is 43.4 Å². The smallest absolute Gasteiger partial charge is 0.146 e. The van der Waals surface area contributed by atoms with Crippen molar-refractivity contribution >= 4 is 16.6 Å². The highest BCUT2D eigenvalue weighted by atomic mass is 32.2. The van der Waals surface area contributed by atoms with Gasteiger partial charge in [0, 0.05) is 4.90 Å². The van der Waals surface area contributed by atoms with E-state index in [-0.39, 0.29) is 11.7 Å². The number of rotatable bonds is 6. The maximum absolute atomic E-state index is 12.6. The van der Waals surface area contributed by atoms with Gasteiger partial charge >= 0.3 is 0 Å². The molecule has 1 aromatic carbocycles. The lowest BCUT2D eigenvalue weighted by atomic mass is 9.92. The number of benzene rings is 1. The molecule has 0 aliphatic heterocycles. The molecule has 0 fully saturated rings. The fourth-order valence-electron chi connectivity index (χ4n) is 1.92. The SMILES string of the molecule is COc1ccc(S(=O)C(C(C)=O)C(C)C(C)C)cc1. The maximum atomic E-state index is 12.6. The van der Waals surface area contributed by atoms with Crippen LogP contribution in [0.4, 0.5) is 0 Å². The standard InChI is InChI=1S/C15H22O3S/c1-10(2)11(3)15(12(4)16)19(17)14-8-6-13(18-5)7-9-14/h6-11,15H,1-5H3. The van der Waals surface area contributed by atoms with Crippen molar-refractivity contribution in [3.05, 3.63) is 24.3 Å².